The molecular formula is C19H15ClN8OS. The smallest absolute Gasteiger partial charge is 0.268 e. The molecule has 5 aromatic rings. The zero-order valence-corrected chi connectivity index (χ0v) is 17.5. The number of nitrogens with one attached hydrogen (secondary N) is 2. The Kier molecular flexibility index (Phi) is 4.44. The van der Waals surface area contributed by atoms with Gasteiger partial charge in [0.25, 0.3) is 5.56 Å². The van der Waals surface area contributed by atoms with Crippen molar-refractivity contribution in [2.24, 2.45) is 0 Å². The van der Waals surface area contributed by atoms with E-state index in [1.807, 2.05) is 13.8 Å². The fourth-order valence-electron chi connectivity index (χ4n) is 3.31. The normalized spacial score (nSPS) is 12.5. The number of aromatic nitrogens is 7. The number of H-pyrrole nitrogens is 1. The second-order valence-corrected chi connectivity index (χ2v) is 7.99. The van der Waals surface area contributed by atoms with Gasteiger partial charge in [0.15, 0.2) is 11.6 Å². The van der Waals surface area contributed by atoms with E-state index in [1.54, 1.807) is 29.8 Å². The van der Waals surface area contributed by atoms with Crippen LogP contribution in [0.2, 0.25) is 5.02 Å². The highest BCUT2D eigenvalue weighted by atomic mass is 35.5. The first-order valence-electron chi connectivity index (χ1n) is 9.07. The number of halogens is 1. The van der Waals surface area contributed by atoms with Crippen LogP contribution >= 0.6 is 22.9 Å². The van der Waals surface area contributed by atoms with Crippen molar-refractivity contribution < 1.29 is 0 Å². The van der Waals surface area contributed by atoms with E-state index in [2.05, 4.69) is 30.5 Å². The van der Waals surface area contributed by atoms with Crippen molar-refractivity contribution in [3.63, 3.8) is 0 Å². The Morgan fingerprint density at radius 2 is 2.13 bits per heavy atom. The van der Waals surface area contributed by atoms with Crippen molar-refractivity contribution in [2.75, 3.05) is 5.32 Å². The van der Waals surface area contributed by atoms with Crippen LogP contribution in [0.1, 0.15) is 24.5 Å². The fraction of sp³-hybridized carbons (Fsp3) is 0.158. The molecule has 9 nitrogen and oxygen atoms in total. The topological polar surface area (TPSA) is 114 Å². The molecule has 0 saturated carbocycles. The molecule has 4 aromatic heterocycles. The second kappa shape index (κ2) is 7.15. The van der Waals surface area contributed by atoms with E-state index in [9.17, 15) is 4.79 Å². The molecule has 1 aromatic carbocycles. The maximum absolute atomic E-state index is 13.4. The summed E-state index contributed by atoms with van der Waals surface area (Å²) in [7, 11) is 0. The van der Waals surface area contributed by atoms with E-state index in [4.69, 9.17) is 16.6 Å². The van der Waals surface area contributed by atoms with Crippen LogP contribution in [-0.2, 0) is 0 Å². The Balaban J connectivity index is 1.71. The second-order valence-electron chi connectivity index (χ2n) is 6.75. The highest BCUT2D eigenvalue weighted by Crippen LogP contribution is 2.26. The van der Waals surface area contributed by atoms with Crippen LogP contribution in [0, 0.1) is 6.92 Å². The van der Waals surface area contributed by atoms with Crippen LogP contribution in [-0.4, -0.2) is 34.7 Å². The summed E-state index contributed by atoms with van der Waals surface area (Å²) >= 11 is 7.75. The van der Waals surface area contributed by atoms with Crippen molar-refractivity contribution in [1.82, 2.24) is 34.7 Å². The maximum Gasteiger partial charge on any atom is 0.268 e. The summed E-state index contributed by atoms with van der Waals surface area (Å²) in [6.07, 6.45) is 1.48. The summed E-state index contributed by atoms with van der Waals surface area (Å²) in [5.41, 5.74) is 3.43. The van der Waals surface area contributed by atoms with Crippen LogP contribution in [0.15, 0.2) is 40.9 Å². The number of rotatable bonds is 4. The van der Waals surface area contributed by atoms with Crippen LogP contribution < -0.4 is 10.9 Å². The largest absolute Gasteiger partial charge is 0.358 e. The summed E-state index contributed by atoms with van der Waals surface area (Å²) in [4.78, 5) is 31.8. The number of thiazole rings is 1. The van der Waals surface area contributed by atoms with Crippen molar-refractivity contribution in [3.8, 4) is 5.82 Å². The van der Waals surface area contributed by atoms with Gasteiger partial charge >= 0.3 is 0 Å². The standard InChI is InChI=1S/C19H15ClN8OS/c1-9-6-13(27-26-9)28-17(25-12-5-3-4-11(20)14(12)19(28)29)10(2)24-16-15-18(22-7-21-16)30-8-23-15/h3-8,10H,1-2H3,(H,26,27)(H,21,22,24). The number of aryl methyl sites for hydroxylation is 1. The minimum Gasteiger partial charge on any atom is -0.358 e. The molecule has 0 saturated heterocycles. The van der Waals surface area contributed by atoms with E-state index in [-0.39, 0.29) is 5.56 Å². The molecule has 1 atom stereocenters. The predicted molar refractivity (Wildman–Crippen MR) is 116 cm³/mol. The van der Waals surface area contributed by atoms with Crippen molar-refractivity contribution >= 4 is 50.0 Å². The van der Waals surface area contributed by atoms with E-state index in [0.717, 1.165) is 10.5 Å². The Morgan fingerprint density at radius 1 is 1.27 bits per heavy atom. The molecule has 0 bridgehead atoms. The summed E-state index contributed by atoms with van der Waals surface area (Å²) in [6, 6.07) is 6.60. The number of hydrogen-bond donors (Lipinski definition) is 2. The van der Waals surface area contributed by atoms with Crippen molar-refractivity contribution in [1.29, 1.82) is 0 Å². The maximum atomic E-state index is 13.4. The minimum atomic E-state index is -0.391. The minimum absolute atomic E-state index is 0.290. The quantitative estimate of drug-likeness (QED) is 0.440. The third kappa shape index (κ3) is 3.01. The third-order valence-electron chi connectivity index (χ3n) is 4.67. The average Bonchev–Trinajstić information content (AvgIpc) is 3.37. The summed E-state index contributed by atoms with van der Waals surface area (Å²) < 4.78 is 1.47. The number of hydrogen-bond acceptors (Lipinski definition) is 8. The molecule has 2 N–H and O–H groups in total. The van der Waals surface area contributed by atoms with E-state index >= 15 is 0 Å². The lowest BCUT2D eigenvalue weighted by atomic mass is 10.2. The molecule has 0 fully saturated rings. The van der Waals surface area contributed by atoms with Gasteiger partial charge in [0.05, 0.1) is 27.5 Å². The molecule has 4 heterocycles. The lowest BCUT2D eigenvalue weighted by Gasteiger charge is -2.19. The summed E-state index contributed by atoms with van der Waals surface area (Å²) in [6.45, 7) is 3.76. The van der Waals surface area contributed by atoms with E-state index in [1.165, 1.54) is 22.2 Å². The van der Waals surface area contributed by atoms with E-state index < -0.39 is 6.04 Å². The van der Waals surface area contributed by atoms with Gasteiger partial charge in [0.2, 0.25) is 0 Å². The number of anilines is 1. The summed E-state index contributed by atoms with van der Waals surface area (Å²) in [5, 5.41) is 11.1. The van der Waals surface area contributed by atoms with Crippen LogP contribution in [0.5, 0.6) is 0 Å². The lowest BCUT2D eigenvalue weighted by molar-refractivity contribution is 0.720. The first-order chi connectivity index (χ1) is 14.5. The molecule has 0 radical (unpaired) electrons. The van der Waals surface area contributed by atoms with Gasteiger partial charge in [0, 0.05) is 11.8 Å². The van der Waals surface area contributed by atoms with Gasteiger partial charge in [-0.2, -0.15) is 5.10 Å². The molecule has 1 unspecified atom stereocenters. The molecule has 0 spiro atoms. The van der Waals surface area contributed by atoms with Gasteiger partial charge in [-0.15, -0.1) is 11.3 Å². The van der Waals surface area contributed by atoms with Gasteiger partial charge in [-0.1, -0.05) is 17.7 Å². The summed E-state index contributed by atoms with van der Waals surface area (Å²) in [5.74, 6) is 1.49. The van der Waals surface area contributed by atoms with Crippen LogP contribution in [0.3, 0.4) is 0 Å². The lowest BCUT2D eigenvalue weighted by Crippen LogP contribution is -2.28. The van der Waals surface area contributed by atoms with Gasteiger partial charge in [-0.3, -0.25) is 9.89 Å². The Bertz CT molecular complexity index is 1460. The van der Waals surface area contributed by atoms with Crippen molar-refractivity contribution in [3.05, 3.63) is 63.0 Å². The van der Waals surface area contributed by atoms with E-state index in [0.29, 0.717) is 38.9 Å². The molecule has 5 rings (SSSR count). The van der Waals surface area contributed by atoms with Gasteiger partial charge < -0.3 is 5.32 Å². The van der Waals surface area contributed by atoms with Gasteiger partial charge in [0.1, 0.15) is 22.5 Å². The van der Waals surface area contributed by atoms with Gasteiger partial charge in [-0.05, 0) is 26.0 Å². The first-order valence-corrected chi connectivity index (χ1v) is 10.3. The molecule has 0 aliphatic heterocycles. The first kappa shape index (κ1) is 18.6. The number of fused-ring (bicyclic) bond motifs is 2. The Morgan fingerprint density at radius 3 is 2.93 bits per heavy atom. The molecule has 150 valence electrons. The zero-order chi connectivity index (χ0) is 20.8. The number of aromatic amines is 1. The number of benzene rings is 1. The fourth-order valence-corrected chi connectivity index (χ4v) is 4.18. The average molecular weight is 439 g/mol. The SMILES string of the molecule is Cc1cc(-n2c(C(C)Nc3ncnc4scnc34)nc3cccc(Cl)c3c2=O)n[nH]1. The molecule has 0 amide bonds. The van der Waals surface area contributed by atoms with Crippen LogP contribution in [0.4, 0.5) is 5.82 Å². The zero-order valence-electron chi connectivity index (χ0n) is 15.9. The predicted octanol–water partition coefficient (Wildman–Crippen LogP) is 3.64. The molecule has 0 aliphatic carbocycles. The highest BCUT2D eigenvalue weighted by Gasteiger charge is 2.22. The van der Waals surface area contributed by atoms with Crippen molar-refractivity contribution in [2.45, 2.75) is 19.9 Å². The molecular weight excluding hydrogens is 424 g/mol. The number of nitrogens with zero attached hydrogens (tertiary/aromatic N) is 6. The highest BCUT2D eigenvalue weighted by molar-refractivity contribution is 7.16. The molecule has 11 heteroatoms. The Labute approximate surface area is 178 Å². The van der Waals surface area contributed by atoms with Gasteiger partial charge in [-0.25, -0.2) is 24.5 Å². The van der Waals surface area contributed by atoms with Crippen LogP contribution in [0.25, 0.3) is 27.1 Å². The monoisotopic (exact) mass is 438 g/mol. The molecule has 30 heavy (non-hydrogen) atoms. The third-order valence-corrected chi connectivity index (χ3v) is 5.72. The Hall–Kier alpha value is -3.37. The molecule has 0 aliphatic rings.